The maximum Gasteiger partial charge on any atom is 0.342 e. The molecule has 134 valence electrons. The summed E-state index contributed by atoms with van der Waals surface area (Å²) in [4.78, 5) is 22.0. The van der Waals surface area contributed by atoms with E-state index in [9.17, 15) is 14.7 Å². The lowest BCUT2D eigenvalue weighted by molar-refractivity contribution is 0.0521. The van der Waals surface area contributed by atoms with Crippen LogP contribution in [-0.2, 0) is 9.47 Å². The van der Waals surface area contributed by atoms with E-state index in [0.717, 1.165) is 0 Å². The Morgan fingerprint density at radius 3 is 1.68 bits per heavy atom. The molecule has 0 saturated carbocycles. The third-order valence-electron chi connectivity index (χ3n) is 2.93. The third-order valence-corrected chi connectivity index (χ3v) is 2.93. The molecule has 0 fully saturated rings. The average Bonchev–Trinajstić information content (AvgIpc) is 2.60. The number of benzene rings is 2. The highest BCUT2D eigenvalue weighted by Gasteiger charge is 2.14. The number of aromatic hydroxyl groups is 4. The Hall–Kier alpha value is -3.42. The van der Waals surface area contributed by atoms with Crippen LogP contribution in [0.15, 0.2) is 36.4 Å². The maximum absolute atomic E-state index is 11.1. The number of ether oxygens (including phenoxy) is 2. The lowest BCUT2D eigenvalue weighted by Crippen LogP contribution is -2.04. The van der Waals surface area contributed by atoms with Gasteiger partial charge in [0.05, 0.1) is 13.7 Å². The molecule has 8 nitrogen and oxygen atoms in total. The van der Waals surface area contributed by atoms with Crippen molar-refractivity contribution in [1.29, 1.82) is 0 Å². The number of hydrogen-bond donors (Lipinski definition) is 4. The molecule has 0 heterocycles. The first-order valence-electron chi connectivity index (χ1n) is 7.10. The highest BCUT2D eigenvalue weighted by atomic mass is 16.5. The summed E-state index contributed by atoms with van der Waals surface area (Å²) < 4.78 is 9.02. The van der Waals surface area contributed by atoms with Crippen LogP contribution in [0.1, 0.15) is 27.6 Å². The lowest BCUT2D eigenvalue weighted by Gasteiger charge is -2.04. The van der Waals surface area contributed by atoms with E-state index in [1.165, 1.54) is 43.5 Å². The van der Waals surface area contributed by atoms with Gasteiger partial charge in [-0.05, 0) is 31.2 Å². The molecule has 2 aromatic carbocycles. The SMILES string of the molecule is CCOC(=O)c1cccc(O)c1O.COC(=O)c1cccc(O)c1O. The molecule has 0 bridgehead atoms. The predicted octanol–water partition coefficient (Wildman–Crippen LogP) is 2.16. The van der Waals surface area contributed by atoms with Crippen molar-refractivity contribution in [3.8, 4) is 23.0 Å². The van der Waals surface area contributed by atoms with Crippen molar-refractivity contribution in [1.82, 2.24) is 0 Å². The summed E-state index contributed by atoms with van der Waals surface area (Å²) in [5, 5.41) is 36.4. The number of phenolic OH excluding ortho intramolecular Hbond substituents is 4. The van der Waals surface area contributed by atoms with Crippen LogP contribution < -0.4 is 0 Å². The minimum atomic E-state index is -0.677. The van der Waals surface area contributed by atoms with Gasteiger partial charge < -0.3 is 29.9 Å². The molecular weight excluding hydrogens is 332 g/mol. The Kier molecular flexibility index (Phi) is 7.08. The maximum atomic E-state index is 11.1. The zero-order valence-corrected chi connectivity index (χ0v) is 13.6. The Bertz CT molecular complexity index is 754. The average molecular weight is 350 g/mol. The van der Waals surface area contributed by atoms with E-state index in [-0.39, 0.29) is 29.2 Å². The van der Waals surface area contributed by atoms with Crippen molar-refractivity contribution in [2.75, 3.05) is 13.7 Å². The number of carbonyl (C=O) groups is 2. The molecule has 0 aliphatic rings. The normalized spacial score (nSPS) is 9.52. The number of rotatable bonds is 3. The van der Waals surface area contributed by atoms with Gasteiger partial charge in [-0.3, -0.25) is 0 Å². The molecule has 0 saturated heterocycles. The molecule has 0 amide bonds. The van der Waals surface area contributed by atoms with Crippen molar-refractivity contribution in [3.63, 3.8) is 0 Å². The summed E-state index contributed by atoms with van der Waals surface area (Å²) in [5.41, 5.74) is -0.0700. The summed E-state index contributed by atoms with van der Waals surface area (Å²) in [6, 6.07) is 8.22. The van der Waals surface area contributed by atoms with Gasteiger partial charge in [0.1, 0.15) is 11.1 Å². The van der Waals surface area contributed by atoms with Crippen LogP contribution in [0.5, 0.6) is 23.0 Å². The summed E-state index contributed by atoms with van der Waals surface area (Å²) in [5.74, 6) is -2.88. The van der Waals surface area contributed by atoms with Crippen molar-refractivity contribution in [2.45, 2.75) is 6.92 Å². The van der Waals surface area contributed by atoms with E-state index in [1.807, 2.05) is 0 Å². The topological polar surface area (TPSA) is 134 Å². The van der Waals surface area contributed by atoms with E-state index in [0.29, 0.717) is 0 Å². The number of hydrogen-bond acceptors (Lipinski definition) is 8. The Balaban J connectivity index is 0.000000251. The molecule has 0 radical (unpaired) electrons. The monoisotopic (exact) mass is 350 g/mol. The molecule has 0 atom stereocenters. The molecule has 0 spiro atoms. The first-order chi connectivity index (χ1) is 11.8. The van der Waals surface area contributed by atoms with Crippen LogP contribution in [0.3, 0.4) is 0 Å². The van der Waals surface area contributed by atoms with Crippen molar-refractivity contribution >= 4 is 11.9 Å². The minimum Gasteiger partial charge on any atom is -0.504 e. The Morgan fingerprint density at radius 2 is 1.28 bits per heavy atom. The van der Waals surface area contributed by atoms with Gasteiger partial charge in [0.15, 0.2) is 23.0 Å². The van der Waals surface area contributed by atoms with Gasteiger partial charge in [0.2, 0.25) is 0 Å². The number of para-hydroxylation sites is 2. The van der Waals surface area contributed by atoms with Gasteiger partial charge in [0.25, 0.3) is 0 Å². The van der Waals surface area contributed by atoms with Crippen LogP contribution in [0.2, 0.25) is 0 Å². The molecule has 0 aliphatic carbocycles. The fourth-order valence-corrected chi connectivity index (χ4v) is 1.71. The standard InChI is InChI=1S/C9H10O4.C8H8O4/c1-2-13-9(12)6-4-3-5-7(10)8(6)11;1-12-8(11)5-3-2-4-6(9)7(5)10/h3-5,10-11H,2H2,1H3;2-4,9-10H,1H3. The quantitative estimate of drug-likeness (QED) is 0.489. The van der Waals surface area contributed by atoms with Crippen molar-refractivity contribution in [2.24, 2.45) is 0 Å². The van der Waals surface area contributed by atoms with E-state index >= 15 is 0 Å². The largest absolute Gasteiger partial charge is 0.504 e. The smallest absolute Gasteiger partial charge is 0.342 e. The van der Waals surface area contributed by atoms with E-state index in [1.54, 1.807) is 6.92 Å². The summed E-state index contributed by atoms with van der Waals surface area (Å²) in [6.45, 7) is 1.89. The fourth-order valence-electron chi connectivity index (χ4n) is 1.71. The van der Waals surface area contributed by atoms with E-state index in [4.69, 9.17) is 15.3 Å². The number of carbonyl (C=O) groups excluding carboxylic acids is 2. The predicted molar refractivity (Wildman–Crippen MR) is 86.8 cm³/mol. The Labute approximate surface area is 143 Å². The summed E-state index contributed by atoms with van der Waals surface area (Å²) in [7, 11) is 1.20. The highest BCUT2D eigenvalue weighted by molar-refractivity contribution is 5.93. The van der Waals surface area contributed by atoms with Crippen LogP contribution in [0.4, 0.5) is 0 Å². The zero-order valence-electron chi connectivity index (χ0n) is 13.6. The molecule has 8 heteroatoms. The van der Waals surface area contributed by atoms with E-state index in [2.05, 4.69) is 9.47 Å². The summed E-state index contributed by atoms with van der Waals surface area (Å²) >= 11 is 0. The van der Waals surface area contributed by atoms with Crippen LogP contribution in [0.25, 0.3) is 0 Å². The highest BCUT2D eigenvalue weighted by Crippen LogP contribution is 2.29. The second-order valence-corrected chi connectivity index (χ2v) is 4.56. The van der Waals surface area contributed by atoms with Crippen LogP contribution in [-0.4, -0.2) is 46.1 Å². The van der Waals surface area contributed by atoms with Crippen LogP contribution >= 0.6 is 0 Å². The number of methoxy groups -OCH3 is 1. The van der Waals surface area contributed by atoms with Crippen molar-refractivity contribution < 1.29 is 39.5 Å². The molecule has 25 heavy (non-hydrogen) atoms. The van der Waals surface area contributed by atoms with Crippen LogP contribution in [0, 0.1) is 0 Å². The second kappa shape index (κ2) is 9.02. The molecule has 2 aromatic rings. The van der Waals surface area contributed by atoms with Gasteiger partial charge in [-0.15, -0.1) is 0 Å². The zero-order chi connectivity index (χ0) is 19.0. The van der Waals surface area contributed by atoms with E-state index < -0.39 is 23.4 Å². The molecular formula is C17H18O8. The lowest BCUT2D eigenvalue weighted by atomic mass is 10.2. The molecule has 0 aliphatic heterocycles. The molecule has 2 rings (SSSR count). The molecule has 0 aromatic heterocycles. The minimum absolute atomic E-state index is 0.0261. The first-order valence-corrected chi connectivity index (χ1v) is 7.10. The fraction of sp³-hybridized carbons (Fsp3) is 0.176. The second-order valence-electron chi connectivity index (χ2n) is 4.56. The number of esters is 2. The molecule has 4 N–H and O–H groups in total. The van der Waals surface area contributed by atoms with Gasteiger partial charge in [-0.2, -0.15) is 0 Å². The van der Waals surface area contributed by atoms with Gasteiger partial charge in [-0.25, -0.2) is 9.59 Å². The van der Waals surface area contributed by atoms with Crippen molar-refractivity contribution in [3.05, 3.63) is 47.5 Å². The first kappa shape index (κ1) is 19.6. The molecule has 0 unspecified atom stereocenters. The number of phenols is 4. The summed E-state index contributed by atoms with van der Waals surface area (Å²) in [6.07, 6.45) is 0. The van der Waals surface area contributed by atoms with Gasteiger partial charge >= 0.3 is 11.9 Å². The third kappa shape index (κ3) is 5.03. The van der Waals surface area contributed by atoms with Gasteiger partial charge in [-0.1, -0.05) is 12.1 Å². The Morgan fingerprint density at radius 1 is 0.840 bits per heavy atom. The van der Waals surface area contributed by atoms with Gasteiger partial charge in [0, 0.05) is 0 Å².